The Morgan fingerprint density at radius 3 is 2.24 bits per heavy atom. The first-order chi connectivity index (χ1) is 15.5. The van der Waals surface area contributed by atoms with Crippen molar-refractivity contribution in [3.63, 3.8) is 0 Å². The van der Waals surface area contributed by atoms with Crippen LogP contribution in [0.15, 0.2) is 48.5 Å². The molecule has 7 heteroatoms. The van der Waals surface area contributed by atoms with Gasteiger partial charge < -0.3 is 14.8 Å². The Morgan fingerprint density at radius 2 is 1.70 bits per heavy atom. The first kappa shape index (κ1) is 28.7. The molecular formula is C26H39Cl2NO2SSi. The number of thioether (sulfide) groups is 1. The highest BCUT2D eigenvalue weighted by molar-refractivity contribution is 7.99. The summed E-state index contributed by atoms with van der Waals surface area (Å²) >= 11 is 14.4. The lowest BCUT2D eigenvalue weighted by Gasteiger charge is -2.42. The molecule has 0 heterocycles. The lowest BCUT2D eigenvalue weighted by atomic mass is 9.95. The molecule has 2 N–H and O–H groups in total. The van der Waals surface area contributed by atoms with E-state index in [9.17, 15) is 5.11 Å². The third-order valence-corrected chi connectivity index (χ3v) is 12.5. The van der Waals surface area contributed by atoms with Crippen molar-refractivity contribution in [3.05, 3.63) is 69.7 Å². The summed E-state index contributed by atoms with van der Waals surface area (Å²) in [7, 11) is -2.11. The zero-order valence-electron chi connectivity index (χ0n) is 20.7. The number of hydrogen-bond acceptors (Lipinski definition) is 4. The van der Waals surface area contributed by atoms with Crippen LogP contribution < -0.4 is 5.32 Å². The van der Waals surface area contributed by atoms with Crippen LogP contribution in [0.5, 0.6) is 0 Å². The minimum atomic E-state index is -2.11. The molecule has 33 heavy (non-hydrogen) atoms. The molecule has 0 radical (unpaired) electrons. The Balaban J connectivity index is 2.54. The van der Waals surface area contributed by atoms with E-state index in [2.05, 4.69) is 64.3 Å². The van der Waals surface area contributed by atoms with E-state index in [4.69, 9.17) is 27.6 Å². The number of halogens is 2. The third-order valence-electron chi connectivity index (χ3n) is 6.40. The monoisotopic (exact) mass is 527 g/mol. The molecule has 3 atom stereocenters. The molecular weight excluding hydrogens is 489 g/mol. The van der Waals surface area contributed by atoms with Gasteiger partial charge >= 0.3 is 0 Å². The minimum Gasteiger partial charge on any atom is -0.408 e. The summed E-state index contributed by atoms with van der Waals surface area (Å²) in [5.74, 6) is 1.66. The van der Waals surface area contributed by atoms with E-state index < -0.39 is 8.32 Å². The summed E-state index contributed by atoms with van der Waals surface area (Å²) in [4.78, 5) is 0. The Labute approximate surface area is 215 Å². The topological polar surface area (TPSA) is 41.5 Å². The molecule has 0 saturated heterocycles. The van der Waals surface area contributed by atoms with Gasteiger partial charge in [0.25, 0.3) is 0 Å². The van der Waals surface area contributed by atoms with Crippen LogP contribution in [0.25, 0.3) is 0 Å². The maximum absolute atomic E-state index is 9.22. The van der Waals surface area contributed by atoms with E-state index in [1.54, 1.807) is 11.8 Å². The smallest absolute Gasteiger partial charge is 0.193 e. The number of aliphatic hydroxyl groups excluding tert-OH is 1. The Hall–Kier alpha value is -0.533. The van der Waals surface area contributed by atoms with Gasteiger partial charge in [0.2, 0.25) is 0 Å². The van der Waals surface area contributed by atoms with Gasteiger partial charge in [0.05, 0.1) is 18.8 Å². The average molecular weight is 529 g/mol. The number of aliphatic hydroxyl groups is 1. The van der Waals surface area contributed by atoms with Crippen LogP contribution >= 0.6 is 35.0 Å². The lowest BCUT2D eigenvalue weighted by molar-refractivity contribution is 0.130. The number of rotatable bonds is 12. The van der Waals surface area contributed by atoms with E-state index in [0.717, 1.165) is 29.1 Å². The van der Waals surface area contributed by atoms with Crippen molar-refractivity contribution in [1.82, 2.24) is 5.32 Å². The molecule has 0 aliphatic rings. The van der Waals surface area contributed by atoms with Gasteiger partial charge in [0, 0.05) is 27.6 Å². The maximum Gasteiger partial charge on any atom is 0.193 e. The summed E-state index contributed by atoms with van der Waals surface area (Å²) in [5.41, 5.74) is 2.20. The first-order valence-corrected chi connectivity index (χ1v) is 16.4. The quantitative estimate of drug-likeness (QED) is 0.217. The van der Waals surface area contributed by atoms with Gasteiger partial charge in [0.15, 0.2) is 8.32 Å². The summed E-state index contributed by atoms with van der Waals surface area (Å²) in [6.07, 6.45) is 0.771. The third kappa shape index (κ3) is 8.57. The highest BCUT2D eigenvalue weighted by Crippen LogP contribution is 2.44. The second kappa shape index (κ2) is 13.0. The molecule has 0 aliphatic carbocycles. The van der Waals surface area contributed by atoms with E-state index in [1.165, 1.54) is 0 Å². The SMILES string of the molecule is CC[C@@H](CSCCO)N[C@H](c1ccc(Cl)cc1)[C@H](O[Si](C)(C)C(C)(C)C)c1cccc(Cl)c1. The molecule has 3 nitrogen and oxygen atoms in total. The number of nitrogens with one attached hydrogen (secondary N) is 1. The highest BCUT2D eigenvalue weighted by Gasteiger charge is 2.42. The Kier molecular flexibility index (Phi) is 11.3. The molecule has 0 fully saturated rings. The van der Waals surface area contributed by atoms with Crippen LogP contribution in [0.4, 0.5) is 0 Å². The van der Waals surface area contributed by atoms with Crippen molar-refractivity contribution in [2.45, 2.75) is 70.4 Å². The fraction of sp³-hybridized carbons (Fsp3) is 0.538. The molecule has 2 rings (SSSR count). The lowest BCUT2D eigenvalue weighted by Crippen LogP contribution is -2.46. The summed E-state index contributed by atoms with van der Waals surface area (Å²) < 4.78 is 7.10. The molecule has 2 aromatic rings. The second-order valence-corrected chi connectivity index (χ2v) is 16.7. The van der Waals surface area contributed by atoms with E-state index >= 15 is 0 Å². The van der Waals surface area contributed by atoms with Crippen LogP contribution in [0, 0.1) is 0 Å². The van der Waals surface area contributed by atoms with E-state index in [1.807, 2.05) is 30.3 Å². The van der Waals surface area contributed by atoms with Gasteiger partial charge in [-0.25, -0.2) is 0 Å². The predicted octanol–water partition coefficient (Wildman–Crippen LogP) is 7.89. The van der Waals surface area contributed by atoms with Gasteiger partial charge in [0.1, 0.15) is 0 Å². The molecule has 0 saturated carbocycles. The minimum absolute atomic E-state index is 0.0650. The fourth-order valence-electron chi connectivity index (χ4n) is 3.36. The van der Waals surface area contributed by atoms with Gasteiger partial charge in [-0.05, 0) is 59.9 Å². The molecule has 0 bridgehead atoms. The zero-order valence-corrected chi connectivity index (χ0v) is 24.0. The predicted molar refractivity (Wildman–Crippen MR) is 148 cm³/mol. The maximum atomic E-state index is 9.22. The molecule has 184 valence electrons. The van der Waals surface area contributed by atoms with Crippen LogP contribution in [0.2, 0.25) is 28.2 Å². The van der Waals surface area contributed by atoms with E-state index in [-0.39, 0.29) is 29.8 Å². The van der Waals surface area contributed by atoms with Crippen molar-refractivity contribution in [2.75, 3.05) is 18.1 Å². The second-order valence-electron chi connectivity index (χ2n) is 9.95. The average Bonchev–Trinajstić information content (AvgIpc) is 2.75. The number of hydrogen-bond donors (Lipinski definition) is 2. The van der Waals surface area contributed by atoms with Crippen molar-refractivity contribution in [1.29, 1.82) is 0 Å². The zero-order chi connectivity index (χ0) is 24.6. The highest BCUT2D eigenvalue weighted by atomic mass is 35.5. The van der Waals surface area contributed by atoms with Gasteiger partial charge in [-0.2, -0.15) is 11.8 Å². The summed E-state index contributed by atoms with van der Waals surface area (Å²) in [5, 5.41) is 14.6. The Morgan fingerprint density at radius 1 is 1.03 bits per heavy atom. The van der Waals surface area contributed by atoms with Gasteiger partial charge in [-0.15, -0.1) is 0 Å². The fourth-order valence-corrected chi connectivity index (χ4v) is 5.86. The van der Waals surface area contributed by atoms with Crippen LogP contribution in [0.3, 0.4) is 0 Å². The van der Waals surface area contributed by atoms with Crippen molar-refractivity contribution < 1.29 is 9.53 Å². The first-order valence-electron chi connectivity index (χ1n) is 11.6. The van der Waals surface area contributed by atoms with Crippen LogP contribution in [-0.2, 0) is 4.43 Å². The van der Waals surface area contributed by atoms with Crippen molar-refractivity contribution in [2.24, 2.45) is 0 Å². The molecule has 0 aliphatic heterocycles. The van der Waals surface area contributed by atoms with Gasteiger partial charge in [-0.3, -0.25) is 0 Å². The normalized spacial score (nSPS) is 15.3. The summed E-state index contributed by atoms with van der Waals surface area (Å²) in [6.45, 7) is 13.8. The van der Waals surface area contributed by atoms with Crippen LogP contribution in [0.1, 0.15) is 57.4 Å². The largest absolute Gasteiger partial charge is 0.408 e. The van der Waals surface area contributed by atoms with Gasteiger partial charge in [-0.1, -0.05) is 75.2 Å². The summed E-state index contributed by atoms with van der Waals surface area (Å²) in [6, 6.07) is 16.3. The molecule has 0 aromatic heterocycles. The van der Waals surface area contributed by atoms with Crippen molar-refractivity contribution >= 4 is 43.3 Å². The standard InChI is InChI=1S/C26H39Cl2NO2SSi/c1-7-23(18-32-16-15-30)29-24(19-11-13-21(27)14-12-19)25(20-9-8-10-22(28)17-20)31-33(5,6)26(2,3)4/h8-14,17,23-25,29-30H,7,15-16,18H2,1-6H3/t23-,24+,25+/m0/s1. The van der Waals surface area contributed by atoms with Crippen molar-refractivity contribution in [3.8, 4) is 0 Å². The molecule has 2 aromatic carbocycles. The van der Waals surface area contributed by atoms with E-state index in [0.29, 0.717) is 10.0 Å². The number of benzene rings is 2. The Bertz CT molecular complexity index is 858. The molecule has 0 spiro atoms. The molecule has 0 amide bonds. The molecule has 0 unspecified atom stereocenters. The van der Waals surface area contributed by atoms with Crippen LogP contribution in [-0.4, -0.2) is 37.6 Å².